The van der Waals surface area contributed by atoms with Crippen LogP contribution in [0.3, 0.4) is 0 Å². The third-order valence-electron chi connectivity index (χ3n) is 3.44. The van der Waals surface area contributed by atoms with Crippen molar-refractivity contribution in [3.63, 3.8) is 0 Å². The molecule has 0 saturated heterocycles. The first-order chi connectivity index (χ1) is 12.0. The molecule has 1 N–H and O–H groups in total. The Hall–Kier alpha value is -3.26. The maximum Gasteiger partial charge on any atom is 0.253 e. The topological polar surface area (TPSA) is 58.6 Å². The van der Waals surface area contributed by atoms with Gasteiger partial charge in [-0.2, -0.15) is 0 Å². The lowest BCUT2D eigenvalue weighted by Crippen LogP contribution is -2.23. The van der Waals surface area contributed by atoms with Gasteiger partial charge in [-0.15, -0.1) is 0 Å². The molecule has 0 aromatic heterocycles. The van der Waals surface area contributed by atoms with Crippen LogP contribution in [0.5, 0.6) is 5.75 Å². The molecule has 2 aromatic carbocycles. The Kier molecular flexibility index (Phi) is 6.19. The Morgan fingerprint density at radius 3 is 2.44 bits per heavy atom. The van der Waals surface area contributed by atoms with Gasteiger partial charge in [0.25, 0.3) is 11.8 Å². The number of methoxy groups -OCH3 is 1. The summed E-state index contributed by atoms with van der Waals surface area (Å²) < 4.78 is 5.09. The number of rotatable bonds is 4. The molecule has 128 valence electrons. The molecule has 0 fully saturated rings. The average Bonchev–Trinajstić information content (AvgIpc) is 2.64. The van der Waals surface area contributed by atoms with Crippen molar-refractivity contribution < 1.29 is 14.3 Å². The number of hydrogen-bond donors (Lipinski definition) is 1. The molecule has 0 spiro atoms. The van der Waals surface area contributed by atoms with E-state index in [-0.39, 0.29) is 18.4 Å². The molecule has 2 amide bonds. The number of carbonyl (C=O) groups is 2. The zero-order valence-corrected chi connectivity index (χ0v) is 14.5. The van der Waals surface area contributed by atoms with E-state index in [2.05, 4.69) is 17.2 Å². The van der Waals surface area contributed by atoms with Gasteiger partial charge < -0.3 is 15.0 Å². The summed E-state index contributed by atoms with van der Waals surface area (Å²) in [6.45, 7) is 0.231. The molecule has 25 heavy (non-hydrogen) atoms. The van der Waals surface area contributed by atoms with Crippen molar-refractivity contribution in [2.45, 2.75) is 0 Å². The molecule has 0 bridgehead atoms. The second-order valence-corrected chi connectivity index (χ2v) is 5.49. The van der Waals surface area contributed by atoms with Crippen LogP contribution in [0.25, 0.3) is 0 Å². The summed E-state index contributed by atoms with van der Waals surface area (Å²) in [5.74, 6) is 6.22. The van der Waals surface area contributed by atoms with E-state index in [1.807, 2.05) is 0 Å². The smallest absolute Gasteiger partial charge is 0.253 e. The Labute approximate surface area is 147 Å². The second kappa shape index (κ2) is 8.55. The van der Waals surface area contributed by atoms with E-state index in [0.29, 0.717) is 16.9 Å². The van der Waals surface area contributed by atoms with Crippen LogP contribution in [0.15, 0.2) is 48.5 Å². The Morgan fingerprint density at radius 1 is 1.08 bits per heavy atom. The summed E-state index contributed by atoms with van der Waals surface area (Å²) in [4.78, 5) is 25.4. The minimum absolute atomic E-state index is 0.0509. The molecule has 0 atom stereocenters. The van der Waals surface area contributed by atoms with Crippen molar-refractivity contribution in [3.05, 3.63) is 65.2 Å². The normalized spacial score (nSPS) is 9.56. The molecule has 0 unspecified atom stereocenters. The summed E-state index contributed by atoms with van der Waals surface area (Å²) in [5, 5.41) is 2.74. The Balaban J connectivity index is 1.92. The molecule has 0 heterocycles. The summed E-state index contributed by atoms with van der Waals surface area (Å²) in [6, 6.07) is 14.0. The summed E-state index contributed by atoms with van der Waals surface area (Å²) in [7, 11) is 4.97. The van der Waals surface area contributed by atoms with Crippen molar-refractivity contribution >= 4 is 11.8 Å². The van der Waals surface area contributed by atoms with Crippen molar-refractivity contribution in [2.24, 2.45) is 0 Å². The van der Waals surface area contributed by atoms with Gasteiger partial charge in [0.1, 0.15) is 5.75 Å². The van der Waals surface area contributed by atoms with Crippen LogP contribution in [0, 0.1) is 11.8 Å². The third kappa shape index (κ3) is 5.11. The van der Waals surface area contributed by atoms with E-state index in [1.54, 1.807) is 69.7 Å². The first-order valence-corrected chi connectivity index (χ1v) is 7.74. The van der Waals surface area contributed by atoms with Gasteiger partial charge in [0, 0.05) is 30.8 Å². The Bertz CT molecular complexity index is 815. The molecule has 2 rings (SSSR count). The van der Waals surface area contributed by atoms with Gasteiger partial charge in [0.2, 0.25) is 0 Å². The van der Waals surface area contributed by atoms with Crippen LogP contribution in [-0.4, -0.2) is 44.5 Å². The van der Waals surface area contributed by atoms with Crippen LogP contribution in [0.4, 0.5) is 0 Å². The van der Waals surface area contributed by atoms with Gasteiger partial charge >= 0.3 is 0 Å². The number of hydrogen-bond acceptors (Lipinski definition) is 3. The highest BCUT2D eigenvalue weighted by molar-refractivity contribution is 5.95. The van der Waals surface area contributed by atoms with E-state index in [0.717, 1.165) is 5.56 Å². The maximum atomic E-state index is 12.0. The number of nitrogens with zero attached hydrogens (tertiary/aromatic N) is 1. The largest absolute Gasteiger partial charge is 0.497 e. The van der Waals surface area contributed by atoms with E-state index in [1.165, 1.54) is 4.90 Å². The molecule has 0 radical (unpaired) electrons. The minimum Gasteiger partial charge on any atom is -0.497 e. The molecular weight excluding hydrogens is 316 g/mol. The lowest BCUT2D eigenvalue weighted by molar-refractivity contribution is 0.0827. The van der Waals surface area contributed by atoms with Gasteiger partial charge in [-0.25, -0.2) is 0 Å². The van der Waals surface area contributed by atoms with Gasteiger partial charge in [0.15, 0.2) is 0 Å². The highest BCUT2D eigenvalue weighted by atomic mass is 16.5. The molecule has 0 aliphatic heterocycles. The number of ether oxygens (including phenoxy) is 1. The van der Waals surface area contributed by atoms with Crippen molar-refractivity contribution in [3.8, 4) is 17.6 Å². The highest BCUT2D eigenvalue weighted by Gasteiger charge is 2.06. The molecule has 0 saturated carbocycles. The fraction of sp³-hybridized carbons (Fsp3) is 0.200. The van der Waals surface area contributed by atoms with Crippen LogP contribution in [0.2, 0.25) is 0 Å². The average molecular weight is 336 g/mol. The molecule has 2 aromatic rings. The minimum atomic E-state index is -0.208. The fourth-order valence-electron chi connectivity index (χ4n) is 2.09. The predicted molar refractivity (Wildman–Crippen MR) is 96.7 cm³/mol. The van der Waals surface area contributed by atoms with Crippen molar-refractivity contribution in [1.29, 1.82) is 0 Å². The second-order valence-electron chi connectivity index (χ2n) is 5.49. The monoisotopic (exact) mass is 336 g/mol. The fourth-order valence-corrected chi connectivity index (χ4v) is 2.09. The molecule has 5 heteroatoms. The van der Waals surface area contributed by atoms with Crippen LogP contribution in [-0.2, 0) is 0 Å². The van der Waals surface area contributed by atoms with Crippen LogP contribution >= 0.6 is 0 Å². The standard InChI is InChI=1S/C20H20N2O3/c1-22(2)20(24)16-11-9-15(10-12-16)6-5-13-21-19(23)17-7-4-8-18(14-17)25-3/h4,7-12,14H,13H2,1-3H3,(H,21,23). The van der Waals surface area contributed by atoms with E-state index >= 15 is 0 Å². The SMILES string of the molecule is COc1cccc(C(=O)NCC#Cc2ccc(C(=O)N(C)C)cc2)c1. The van der Waals surface area contributed by atoms with E-state index in [4.69, 9.17) is 4.74 Å². The molecule has 0 aliphatic carbocycles. The van der Waals surface area contributed by atoms with Gasteiger partial charge in [-0.3, -0.25) is 9.59 Å². The number of benzene rings is 2. The first kappa shape index (κ1) is 18.1. The predicted octanol–water partition coefficient (Wildman–Crippen LogP) is 2.18. The summed E-state index contributed by atoms with van der Waals surface area (Å²) in [5.41, 5.74) is 1.92. The van der Waals surface area contributed by atoms with E-state index in [9.17, 15) is 9.59 Å². The van der Waals surface area contributed by atoms with Crippen LogP contribution in [0.1, 0.15) is 26.3 Å². The van der Waals surface area contributed by atoms with E-state index < -0.39 is 0 Å². The summed E-state index contributed by atoms with van der Waals surface area (Å²) in [6.07, 6.45) is 0. The molecule has 0 aliphatic rings. The number of carbonyl (C=O) groups excluding carboxylic acids is 2. The Morgan fingerprint density at radius 2 is 1.80 bits per heavy atom. The zero-order valence-electron chi connectivity index (χ0n) is 14.5. The van der Waals surface area contributed by atoms with Crippen LogP contribution < -0.4 is 10.1 Å². The highest BCUT2D eigenvalue weighted by Crippen LogP contribution is 2.12. The lowest BCUT2D eigenvalue weighted by Gasteiger charge is -2.09. The summed E-state index contributed by atoms with van der Waals surface area (Å²) >= 11 is 0. The van der Waals surface area contributed by atoms with Crippen molar-refractivity contribution in [1.82, 2.24) is 10.2 Å². The number of nitrogens with one attached hydrogen (secondary N) is 1. The molecular formula is C20H20N2O3. The number of amides is 2. The third-order valence-corrected chi connectivity index (χ3v) is 3.44. The zero-order chi connectivity index (χ0) is 18.2. The van der Waals surface area contributed by atoms with Crippen molar-refractivity contribution in [2.75, 3.05) is 27.7 Å². The van der Waals surface area contributed by atoms with Gasteiger partial charge in [-0.05, 0) is 42.5 Å². The van der Waals surface area contributed by atoms with Gasteiger partial charge in [-0.1, -0.05) is 17.9 Å². The lowest BCUT2D eigenvalue weighted by atomic mass is 10.1. The quantitative estimate of drug-likeness (QED) is 0.871. The maximum absolute atomic E-state index is 12.0. The molecule has 5 nitrogen and oxygen atoms in total. The van der Waals surface area contributed by atoms with Gasteiger partial charge in [0.05, 0.1) is 13.7 Å². The first-order valence-electron chi connectivity index (χ1n) is 7.74.